The molecule has 0 saturated heterocycles. The van der Waals surface area contributed by atoms with E-state index < -0.39 is 0 Å². The SMILES string of the molecule is COc1cc(C)c(CN(C)C(=O)CCC#N)cc1C. The summed E-state index contributed by atoms with van der Waals surface area (Å²) in [5, 5.41) is 8.49. The molecular weight excluding hydrogens is 240 g/mol. The number of carbonyl (C=O) groups is 1. The Bertz CT molecular complexity index is 504. The monoisotopic (exact) mass is 260 g/mol. The maximum absolute atomic E-state index is 11.8. The van der Waals surface area contributed by atoms with E-state index in [0.29, 0.717) is 6.54 Å². The van der Waals surface area contributed by atoms with E-state index in [1.807, 2.05) is 32.0 Å². The molecule has 0 fully saturated rings. The molecule has 0 N–H and O–H groups in total. The lowest BCUT2D eigenvalue weighted by atomic mass is 10.0. The second-order valence-electron chi connectivity index (χ2n) is 4.66. The first-order chi connectivity index (χ1) is 8.99. The molecular formula is C15H20N2O2. The molecule has 19 heavy (non-hydrogen) atoms. The summed E-state index contributed by atoms with van der Waals surface area (Å²) in [7, 11) is 3.41. The summed E-state index contributed by atoms with van der Waals surface area (Å²) in [5.74, 6) is 0.856. The van der Waals surface area contributed by atoms with Crippen LogP contribution in [0.1, 0.15) is 29.5 Å². The number of aryl methyl sites for hydroxylation is 2. The lowest BCUT2D eigenvalue weighted by Crippen LogP contribution is -2.26. The molecule has 0 saturated carbocycles. The Labute approximate surface area is 114 Å². The van der Waals surface area contributed by atoms with Crippen LogP contribution >= 0.6 is 0 Å². The number of ether oxygens (including phenoxy) is 1. The van der Waals surface area contributed by atoms with Crippen molar-refractivity contribution in [2.75, 3.05) is 14.2 Å². The molecule has 1 rings (SSSR count). The lowest BCUT2D eigenvalue weighted by molar-refractivity contribution is -0.130. The number of nitriles is 1. The van der Waals surface area contributed by atoms with Gasteiger partial charge in [0.15, 0.2) is 0 Å². The van der Waals surface area contributed by atoms with E-state index in [4.69, 9.17) is 10.00 Å². The average Bonchev–Trinajstić information content (AvgIpc) is 2.39. The molecule has 1 aromatic carbocycles. The Balaban J connectivity index is 2.80. The Hall–Kier alpha value is -2.02. The molecule has 102 valence electrons. The van der Waals surface area contributed by atoms with Crippen LogP contribution in [0.3, 0.4) is 0 Å². The summed E-state index contributed by atoms with van der Waals surface area (Å²) in [6, 6.07) is 6.02. The largest absolute Gasteiger partial charge is 0.496 e. The first-order valence-electron chi connectivity index (χ1n) is 6.24. The molecule has 0 radical (unpaired) electrons. The van der Waals surface area contributed by atoms with Crippen molar-refractivity contribution in [2.24, 2.45) is 0 Å². The predicted molar refractivity (Wildman–Crippen MR) is 73.8 cm³/mol. The van der Waals surface area contributed by atoms with Crippen molar-refractivity contribution in [3.63, 3.8) is 0 Å². The molecule has 0 bridgehead atoms. The molecule has 0 unspecified atom stereocenters. The molecule has 0 atom stereocenters. The van der Waals surface area contributed by atoms with Crippen molar-refractivity contribution in [2.45, 2.75) is 33.2 Å². The molecule has 0 spiro atoms. The van der Waals surface area contributed by atoms with Crippen molar-refractivity contribution in [3.8, 4) is 11.8 Å². The van der Waals surface area contributed by atoms with Crippen molar-refractivity contribution < 1.29 is 9.53 Å². The van der Waals surface area contributed by atoms with Gasteiger partial charge in [-0.2, -0.15) is 5.26 Å². The molecule has 0 aliphatic carbocycles. The van der Waals surface area contributed by atoms with Crippen LogP contribution < -0.4 is 4.74 Å². The number of methoxy groups -OCH3 is 1. The molecule has 1 aromatic rings. The highest BCUT2D eigenvalue weighted by molar-refractivity contribution is 5.76. The van der Waals surface area contributed by atoms with Crippen molar-refractivity contribution in [3.05, 3.63) is 28.8 Å². The average molecular weight is 260 g/mol. The van der Waals surface area contributed by atoms with Crippen LogP contribution in [0.2, 0.25) is 0 Å². The number of carbonyl (C=O) groups excluding carboxylic acids is 1. The van der Waals surface area contributed by atoms with Gasteiger partial charge in [0, 0.05) is 26.4 Å². The number of hydrogen-bond acceptors (Lipinski definition) is 3. The van der Waals surface area contributed by atoms with E-state index in [9.17, 15) is 4.79 Å². The van der Waals surface area contributed by atoms with Gasteiger partial charge in [-0.1, -0.05) is 6.07 Å². The van der Waals surface area contributed by atoms with E-state index in [-0.39, 0.29) is 18.7 Å². The molecule has 0 aliphatic rings. The minimum atomic E-state index is -0.00517. The summed E-state index contributed by atoms with van der Waals surface area (Å²) < 4.78 is 5.27. The van der Waals surface area contributed by atoms with Gasteiger partial charge in [0.1, 0.15) is 5.75 Å². The molecule has 4 heteroatoms. The summed E-state index contributed by atoms with van der Waals surface area (Å²) >= 11 is 0. The van der Waals surface area contributed by atoms with E-state index in [0.717, 1.165) is 22.4 Å². The van der Waals surface area contributed by atoms with Gasteiger partial charge in [0.25, 0.3) is 0 Å². The molecule has 4 nitrogen and oxygen atoms in total. The third-order valence-electron chi connectivity index (χ3n) is 3.14. The van der Waals surface area contributed by atoms with Gasteiger partial charge in [-0.3, -0.25) is 4.79 Å². The first kappa shape index (κ1) is 15.0. The van der Waals surface area contributed by atoms with Gasteiger partial charge in [-0.25, -0.2) is 0 Å². The van der Waals surface area contributed by atoms with E-state index in [2.05, 4.69) is 0 Å². The zero-order valence-corrected chi connectivity index (χ0v) is 12.0. The molecule has 0 aliphatic heterocycles. The number of rotatable bonds is 5. The van der Waals surface area contributed by atoms with Gasteiger partial charge in [-0.15, -0.1) is 0 Å². The number of hydrogen-bond donors (Lipinski definition) is 0. The van der Waals surface area contributed by atoms with E-state index >= 15 is 0 Å². The maximum atomic E-state index is 11.8. The van der Waals surface area contributed by atoms with E-state index in [1.165, 1.54) is 0 Å². The fourth-order valence-electron chi connectivity index (χ4n) is 1.94. The lowest BCUT2D eigenvalue weighted by Gasteiger charge is -2.19. The molecule has 0 heterocycles. The minimum Gasteiger partial charge on any atom is -0.496 e. The zero-order chi connectivity index (χ0) is 14.4. The highest BCUT2D eigenvalue weighted by Gasteiger charge is 2.11. The number of benzene rings is 1. The summed E-state index contributed by atoms with van der Waals surface area (Å²) in [4.78, 5) is 13.4. The van der Waals surface area contributed by atoms with Gasteiger partial charge < -0.3 is 9.64 Å². The topological polar surface area (TPSA) is 53.3 Å². The standard InChI is InChI=1S/C15H20N2O2/c1-11-9-14(19-4)12(2)8-13(11)10-17(3)15(18)6-5-7-16/h8-9H,5-6,10H2,1-4H3. The van der Waals surface area contributed by atoms with Crippen LogP contribution in [0, 0.1) is 25.2 Å². The van der Waals surface area contributed by atoms with Crippen LogP contribution in [0.5, 0.6) is 5.75 Å². The quantitative estimate of drug-likeness (QED) is 0.817. The molecule has 1 amide bonds. The normalized spacial score (nSPS) is 9.84. The summed E-state index contributed by atoms with van der Waals surface area (Å²) in [6.45, 7) is 4.55. The zero-order valence-electron chi connectivity index (χ0n) is 12.0. The third kappa shape index (κ3) is 3.99. The Morgan fingerprint density at radius 2 is 2.05 bits per heavy atom. The first-order valence-corrected chi connectivity index (χ1v) is 6.24. The van der Waals surface area contributed by atoms with Gasteiger partial charge in [0.2, 0.25) is 5.91 Å². The van der Waals surface area contributed by atoms with Gasteiger partial charge in [-0.05, 0) is 36.6 Å². The smallest absolute Gasteiger partial charge is 0.223 e. The fraction of sp³-hybridized carbons (Fsp3) is 0.467. The Morgan fingerprint density at radius 3 is 2.63 bits per heavy atom. The van der Waals surface area contributed by atoms with Gasteiger partial charge in [0.05, 0.1) is 13.2 Å². The summed E-state index contributed by atoms with van der Waals surface area (Å²) in [6.07, 6.45) is 0.547. The predicted octanol–water partition coefficient (Wildman–Crippen LogP) is 2.57. The van der Waals surface area contributed by atoms with Crippen LogP contribution in [0.25, 0.3) is 0 Å². The molecule has 0 aromatic heterocycles. The Kier molecular flexibility index (Phi) is 5.37. The van der Waals surface area contributed by atoms with Crippen LogP contribution in [-0.4, -0.2) is 25.0 Å². The van der Waals surface area contributed by atoms with Crippen LogP contribution in [0.15, 0.2) is 12.1 Å². The van der Waals surface area contributed by atoms with Crippen LogP contribution in [-0.2, 0) is 11.3 Å². The van der Waals surface area contributed by atoms with E-state index in [1.54, 1.807) is 19.1 Å². The maximum Gasteiger partial charge on any atom is 0.223 e. The van der Waals surface area contributed by atoms with Gasteiger partial charge >= 0.3 is 0 Å². The highest BCUT2D eigenvalue weighted by atomic mass is 16.5. The highest BCUT2D eigenvalue weighted by Crippen LogP contribution is 2.23. The van der Waals surface area contributed by atoms with Crippen LogP contribution in [0.4, 0.5) is 0 Å². The van der Waals surface area contributed by atoms with Crippen molar-refractivity contribution in [1.82, 2.24) is 4.90 Å². The number of amides is 1. The van der Waals surface area contributed by atoms with Crippen molar-refractivity contribution >= 4 is 5.91 Å². The fourth-order valence-corrected chi connectivity index (χ4v) is 1.94. The minimum absolute atomic E-state index is 0.00517. The second-order valence-corrected chi connectivity index (χ2v) is 4.66. The Morgan fingerprint density at radius 1 is 1.37 bits per heavy atom. The van der Waals surface area contributed by atoms with Crippen molar-refractivity contribution in [1.29, 1.82) is 5.26 Å². The third-order valence-corrected chi connectivity index (χ3v) is 3.14. The second kappa shape index (κ2) is 6.79. The number of nitrogens with zero attached hydrogens (tertiary/aromatic N) is 2. The summed E-state index contributed by atoms with van der Waals surface area (Å²) in [5.41, 5.74) is 3.26.